The van der Waals surface area contributed by atoms with Crippen LogP contribution in [0.2, 0.25) is 0 Å². The Labute approximate surface area is 127 Å². The van der Waals surface area contributed by atoms with Gasteiger partial charge in [-0.15, -0.1) is 0 Å². The molecule has 0 saturated carbocycles. The summed E-state index contributed by atoms with van der Waals surface area (Å²) in [5.41, 5.74) is 0. The number of phosphoric acid groups is 1. The van der Waals surface area contributed by atoms with Crippen LogP contribution in [0.3, 0.4) is 0 Å². The summed E-state index contributed by atoms with van der Waals surface area (Å²) in [6.07, 6.45) is 0. The van der Waals surface area contributed by atoms with E-state index in [1.807, 2.05) is 35.0 Å². The maximum Gasteiger partial charge on any atom is 0.308 e. The third-order valence-electron chi connectivity index (χ3n) is 2.96. The lowest BCUT2D eigenvalue weighted by atomic mass is 9.99. The van der Waals surface area contributed by atoms with Crippen molar-refractivity contribution in [2.45, 2.75) is 20.8 Å². The average molecular weight is 325 g/mol. The zero-order chi connectivity index (χ0) is 16.7. The SMILES string of the molecule is CC(C)C(C)C(=O)OCCOP(=O)([O-])OCC[N+](C)(C)C. The lowest BCUT2D eigenvalue weighted by Gasteiger charge is -2.27. The van der Waals surface area contributed by atoms with Crippen molar-refractivity contribution in [2.75, 3.05) is 47.5 Å². The van der Waals surface area contributed by atoms with Gasteiger partial charge in [-0.3, -0.25) is 9.36 Å². The summed E-state index contributed by atoms with van der Waals surface area (Å²) in [4.78, 5) is 23.0. The van der Waals surface area contributed by atoms with E-state index in [1.54, 1.807) is 6.92 Å². The van der Waals surface area contributed by atoms with Gasteiger partial charge in [0, 0.05) is 0 Å². The van der Waals surface area contributed by atoms with Crippen LogP contribution in [0.5, 0.6) is 0 Å². The standard InChI is InChI=1S/C13H28NO6P/c1-11(2)12(3)13(15)18-9-10-20-21(16,17)19-8-7-14(4,5)6/h11-12H,7-10H2,1-6H3. The summed E-state index contributed by atoms with van der Waals surface area (Å²) in [5.74, 6) is -0.423. The number of quaternary nitrogens is 1. The van der Waals surface area contributed by atoms with Crippen LogP contribution in [-0.4, -0.2) is 58.0 Å². The predicted octanol–water partition coefficient (Wildman–Crippen LogP) is 1.03. The number of phosphoric ester groups is 1. The first-order valence-corrected chi connectivity index (χ1v) is 8.48. The Morgan fingerprint density at radius 1 is 1.10 bits per heavy atom. The molecule has 0 aromatic carbocycles. The molecule has 0 spiro atoms. The van der Waals surface area contributed by atoms with Crippen molar-refractivity contribution in [3.05, 3.63) is 0 Å². The molecule has 0 saturated heterocycles. The highest BCUT2D eigenvalue weighted by Crippen LogP contribution is 2.37. The van der Waals surface area contributed by atoms with E-state index in [0.29, 0.717) is 11.0 Å². The molecule has 0 fully saturated rings. The molecule has 2 atom stereocenters. The smallest absolute Gasteiger partial charge is 0.308 e. The molecular formula is C13H28NO6P. The van der Waals surface area contributed by atoms with Crippen LogP contribution in [0, 0.1) is 11.8 Å². The van der Waals surface area contributed by atoms with Crippen molar-refractivity contribution in [3.63, 3.8) is 0 Å². The van der Waals surface area contributed by atoms with Crippen LogP contribution < -0.4 is 4.89 Å². The number of hydrogen-bond donors (Lipinski definition) is 0. The van der Waals surface area contributed by atoms with Gasteiger partial charge in [-0.2, -0.15) is 0 Å². The quantitative estimate of drug-likeness (QED) is 0.258. The minimum Gasteiger partial charge on any atom is -0.756 e. The molecule has 0 aliphatic carbocycles. The number of hydrogen-bond acceptors (Lipinski definition) is 6. The Kier molecular flexibility index (Phi) is 8.66. The van der Waals surface area contributed by atoms with Gasteiger partial charge in [0.15, 0.2) is 0 Å². The zero-order valence-electron chi connectivity index (χ0n) is 13.8. The van der Waals surface area contributed by atoms with Crippen LogP contribution in [-0.2, 0) is 23.1 Å². The number of carbonyl (C=O) groups excluding carboxylic acids is 1. The molecule has 0 heterocycles. The van der Waals surface area contributed by atoms with Gasteiger partial charge in [0.1, 0.15) is 19.8 Å². The van der Waals surface area contributed by atoms with Crippen LogP contribution in [0.4, 0.5) is 0 Å². The molecule has 0 aliphatic heterocycles. The summed E-state index contributed by atoms with van der Waals surface area (Å²) in [5, 5.41) is 0. The van der Waals surface area contributed by atoms with E-state index in [9.17, 15) is 14.3 Å². The van der Waals surface area contributed by atoms with Gasteiger partial charge in [-0.1, -0.05) is 20.8 Å². The molecule has 0 radical (unpaired) electrons. The van der Waals surface area contributed by atoms with Crippen molar-refractivity contribution >= 4 is 13.8 Å². The second-order valence-electron chi connectivity index (χ2n) is 6.33. The van der Waals surface area contributed by atoms with E-state index in [0.717, 1.165) is 0 Å². The van der Waals surface area contributed by atoms with Crippen molar-refractivity contribution in [1.29, 1.82) is 0 Å². The molecule has 8 heteroatoms. The number of likely N-dealkylation sites (N-methyl/N-ethyl adjacent to an activating group) is 1. The maximum absolute atomic E-state index is 11.5. The van der Waals surface area contributed by atoms with Gasteiger partial charge in [0.25, 0.3) is 7.82 Å². The summed E-state index contributed by atoms with van der Waals surface area (Å²) in [6, 6.07) is 0. The molecule has 0 amide bonds. The minimum absolute atomic E-state index is 0.0500. The topological polar surface area (TPSA) is 84.9 Å². The molecule has 2 unspecified atom stereocenters. The molecule has 0 rings (SSSR count). The summed E-state index contributed by atoms with van der Waals surface area (Å²) < 4.78 is 26.3. The Morgan fingerprint density at radius 3 is 2.10 bits per heavy atom. The van der Waals surface area contributed by atoms with Crippen LogP contribution >= 0.6 is 7.82 Å². The van der Waals surface area contributed by atoms with E-state index in [4.69, 9.17) is 9.26 Å². The van der Waals surface area contributed by atoms with Gasteiger partial charge in [-0.05, 0) is 5.92 Å². The normalized spacial score (nSPS) is 16.6. The Hall–Kier alpha value is -0.460. The number of esters is 1. The van der Waals surface area contributed by atoms with Crippen molar-refractivity contribution in [2.24, 2.45) is 11.8 Å². The minimum atomic E-state index is -4.33. The van der Waals surface area contributed by atoms with Gasteiger partial charge in [-0.25, -0.2) is 0 Å². The van der Waals surface area contributed by atoms with Gasteiger partial charge < -0.3 is 23.2 Å². The number of ether oxygens (including phenoxy) is 1. The number of nitrogens with zero attached hydrogens (tertiary/aromatic N) is 1. The van der Waals surface area contributed by atoms with Crippen LogP contribution in [0.25, 0.3) is 0 Å². The summed E-state index contributed by atoms with van der Waals surface area (Å²) in [6.45, 7) is 5.83. The summed E-state index contributed by atoms with van der Waals surface area (Å²) in [7, 11) is 1.45. The second kappa shape index (κ2) is 8.86. The highest BCUT2D eigenvalue weighted by Gasteiger charge is 2.18. The molecule has 7 nitrogen and oxygen atoms in total. The molecule has 0 N–H and O–H groups in total. The lowest BCUT2D eigenvalue weighted by Crippen LogP contribution is -2.37. The van der Waals surface area contributed by atoms with E-state index < -0.39 is 7.82 Å². The fourth-order valence-electron chi connectivity index (χ4n) is 1.16. The van der Waals surface area contributed by atoms with Crippen LogP contribution in [0.15, 0.2) is 0 Å². The van der Waals surface area contributed by atoms with Crippen LogP contribution in [0.1, 0.15) is 20.8 Å². The number of rotatable bonds is 10. The molecule has 21 heavy (non-hydrogen) atoms. The molecule has 0 aromatic heterocycles. The highest BCUT2D eigenvalue weighted by molar-refractivity contribution is 7.45. The average Bonchev–Trinajstić information content (AvgIpc) is 2.31. The van der Waals surface area contributed by atoms with Crippen molar-refractivity contribution in [1.82, 2.24) is 0 Å². The van der Waals surface area contributed by atoms with Gasteiger partial charge >= 0.3 is 5.97 Å². The third-order valence-corrected chi connectivity index (χ3v) is 3.96. The first-order valence-electron chi connectivity index (χ1n) is 7.02. The van der Waals surface area contributed by atoms with Crippen molar-refractivity contribution in [3.8, 4) is 0 Å². The molecule has 126 valence electrons. The van der Waals surface area contributed by atoms with E-state index >= 15 is 0 Å². The Morgan fingerprint density at radius 2 is 1.62 bits per heavy atom. The second-order valence-corrected chi connectivity index (χ2v) is 7.74. The zero-order valence-corrected chi connectivity index (χ0v) is 14.7. The largest absolute Gasteiger partial charge is 0.756 e. The van der Waals surface area contributed by atoms with E-state index in [-0.39, 0.29) is 37.6 Å². The lowest BCUT2D eigenvalue weighted by molar-refractivity contribution is -0.870. The van der Waals surface area contributed by atoms with E-state index in [2.05, 4.69) is 4.52 Å². The molecular weight excluding hydrogens is 297 g/mol. The van der Waals surface area contributed by atoms with Gasteiger partial charge in [0.2, 0.25) is 0 Å². The highest BCUT2D eigenvalue weighted by atomic mass is 31.2. The first kappa shape index (κ1) is 20.5. The molecule has 0 bridgehead atoms. The monoisotopic (exact) mass is 325 g/mol. The maximum atomic E-state index is 11.5. The number of carbonyl (C=O) groups is 1. The summed E-state index contributed by atoms with van der Waals surface area (Å²) >= 11 is 0. The van der Waals surface area contributed by atoms with Crippen molar-refractivity contribution < 1.29 is 32.5 Å². The fraction of sp³-hybridized carbons (Fsp3) is 0.923. The molecule has 0 aromatic rings. The first-order chi connectivity index (χ1) is 9.44. The van der Waals surface area contributed by atoms with Gasteiger partial charge in [0.05, 0.1) is 33.7 Å². The fourth-order valence-corrected chi connectivity index (χ4v) is 1.84. The Bertz CT molecular complexity index is 366. The third kappa shape index (κ3) is 10.8. The molecule has 0 aliphatic rings. The van der Waals surface area contributed by atoms with E-state index in [1.165, 1.54) is 0 Å². The Balaban J connectivity index is 3.90. The predicted molar refractivity (Wildman–Crippen MR) is 77.4 cm³/mol.